The third-order valence-corrected chi connectivity index (χ3v) is 5.63. The van der Waals surface area contributed by atoms with Gasteiger partial charge in [-0.1, -0.05) is 11.6 Å². The summed E-state index contributed by atoms with van der Waals surface area (Å²) >= 11 is 5.90. The number of carbonyl (C=O) groups excluding carboxylic acids is 2. The number of guanidine groups is 1. The third-order valence-electron chi connectivity index (χ3n) is 5.42. The molecule has 198 valence electrons. The van der Waals surface area contributed by atoms with E-state index in [2.05, 4.69) is 20.9 Å². The average Bonchev–Trinajstić information content (AvgIpc) is 2.82. The number of amides is 1. The van der Waals surface area contributed by atoms with Gasteiger partial charge in [-0.2, -0.15) is 0 Å². The minimum atomic E-state index is -2.83. The lowest BCUT2D eigenvalue weighted by molar-refractivity contribution is -0.137. The molecule has 0 saturated carbocycles. The van der Waals surface area contributed by atoms with Gasteiger partial charge in [0, 0.05) is 46.8 Å². The van der Waals surface area contributed by atoms with Crippen LogP contribution in [0.2, 0.25) is 5.02 Å². The van der Waals surface area contributed by atoms with Crippen molar-refractivity contribution < 1.29 is 38.5 Å². The van der Waals surface area contributed by atoms with Gasteiger partial charge in [0.1, 0.15) is 5.75 Å². The van der Waals surface area contributed by atoms with Gasteiger partial charge in [-0.3, -0.25) is 19.4 Å². The molecule has 1 aliphatic heterocycles. The molecule has 1 amide bonds. The highest BCUT2D eigenvalue weighted by molar-refractivity contribution is 6.30. The standard InChI is InChI=1S/C24H25ClF2N4O6/c25-16-2-12(1-14(3-16)22(26)27)13(7-21(35)36)5-19(33)9-28-23(37)15-4-17(8-18(32)6-15)31-24-29-10-20(34)11-30-24/h1-4,6,8,13,20,22,32,34H,5,7,9-11H2,(H,28,37)(H,35,36)(H2,29,30,31)/t13-/m0/s1. The number of aliphatic carboxylic acids is 1. The molecule has 0 radical (unpaired) electrons. The lowest BCUT2D eigenvalue weighted by Gasteiger charge is -2.20. The number of anilines is 1. The number of phenols is 1. The molecule has 13 heteroatoms. The van der Waals surface area contributed by atoms with Crippen molar-refractivity contribution in [3.05, 3.63) is 58.1 Å². The number of carbonyl (C=O) groups is 3. The molecule has 0 fully saturated rings. The number of nitrogens with one attached hydrogen (secondary N) is 3. The van der Waals surface area contributed by atoms with E-state index >= 15 is 0 Å². The first-order chi connectivity index (χ1) is 17.5. The Kier molecular flexibility index (Phi) is 9.36. The second-order valence-electron chi connectivity index (χ2n) is 8.46. The monoisotopic (exact) mass is 538 g/mol. The van der Waals surface area contributed by atoms with Crippen molar-refractivity contribution in [1.82, 2.24) is 10.6 Å². The van der Waals surface area contributed by atoms with Gasteiger partial charge in [-0.05, 0) is 35.9 Å². The Morgan fingerprint density at radius 3 is 2.49 bits per heavy atom. The smallest absolute Gasteiger partial charge is 0.303 e. The van der Waals surface area contributed by atoms with Gasteiger partial charge >= 0.3 is 5.97 Å². The number of Topliss-reactive ketones (excluding diaryl/α,β-unsaturated/α-hetero) is 1. The summed E-state index contributed by atoms with van der Waals surface area (Å²) in [4.78, 5) is 40.6. The molecule has 0 spiro atoms. The van der Waals surface area contributed by atoms with E-state index in [1.807, 2.05) is 0 Å². The van der Waals surface area contributed by atoms with Crippen molar-refractivity contribution in [1.29, 1.82) is 0 Å². The molecular weight excluding hydrogens is 514 g/mol. The van der Waals surface area contributed by atoms with Crippen LogP contribution in [-0.4, -0.2) is 64.7 Å². The Bertz CT molecular complexity index is 1210. The number of carboxylic acids is 1. The number of aliphatic hydroxyl groups is 1. The minimum Gasteiger partial charge on any atom is -0.508 e. The van der Waals surface area contributed by atoms with Crippen LogP contribution in [0.4, 0.5) is 14.5 Å². The third kappa shape index (κ3) is 8.40. The van der Waals surface area contributed by atoms with Gasteiger partial charge in [-0.15, -0.1) is 0 Å². The highest BCUT2D eigenvalue weighted by atomic mass is 35.5. The van der Waals surface area contributed by atoms with Crippen LogP contribution in [0.25, 0.3) is 0 Å². The van der Waals surface area contributed by atoms with Crippen LogP contribution in [0.5, 0.6) is 5.75 Å². The SMILES string of the molecule is O=C(O)C[C@H](CC(=O)CNC(=O)c1cc(O)cc(NC2=NCC(O)CN2)c1)c1cc(Cl)cc(C(F)F)c1. The van der Waals surface area contributed by atoms with Crippen LogP contribution >= 0.6 is 11.6 Å². The number of aromatic hydroxyl groups is 1. The fourth-order valence-electron chi connectivity index (χ4n) is 3.71. The van der Waals surface area contributed by atoms with Crippen molar-refractivity contribution in [2.24, 2.45) is 4.99 Å². The lowest BCUT2D eigenvalue weighted by Crippen LogP contribution is -2.42. The normalized spacial score (nSPS) is 15.9. The summed E-state index contributed by atoms with van der Waals surface area (Å²) in [6, 6.07) is 7.47. The molecule has 1 unspecified atom stereocenters. The predicted molar refractivity (Wildman–Crippen MR) is 131 cm³/mol. The maximum atomic E-state index is 13.2. The van der Waals surface area contributed by atoms with E-state index in [4.69, 9.17) is 11.6 Å². The largest absolute Gasteiger partial charge is 0.508 e. The molecule has 2 aromatic rings. The Morgan fingerprint density at radius 2 is 1.84 bits per heavy atom. The summed E-state index contributed by atoms with van der Waals surface area (Å²) in [6.07, 6.45) is -4.28. The van der Waals surface area contributed by atoms with E-state index in [0.717, 1.165) is 12.1 Å². The number of aliphatic hydroxyl groups excluding tert-OH is 1. The van der Waals surface area contributed by atoms with Gasteiger partial charge < -0.3 is 31.3 Å². The van der Waals surface area contributed by atoms with Gasteiger partial charge in [0.15, 0.2) is 11.7 Å². The summed E-state index contributed by atoms with van der Waals surface area (Å²) in [5, 5.41) is 36.9. The zero-order valence-corrected chi connectivity index (χ0v) is 20.1. The number of hydrogen-bond acceptors (Lipinski definition) is 8. The Labute approximate surface area is 215 Å². The molecule has 1 aliphatic rings. The molecule has 2 atom stereocenters. The first-order valence-corrected chi connectivity index (χ1v) is 11.6. The van der Waals surface area contributed by atoms with Crippen molar-refractivity contribution in [3.8, 4) is 5.75 Å². The highest BCUT2D eigenvalue weighted by Gasteiger charge is 2.22. The van der Waals surface area contributed by atoms with Gasteiger partial charge in [0.05, 0.1) is 25.6 Å². The van der Waals surface area contributed by atoms with Crippen LogP contribution in [0.15, 0.2) is 41.4 Å². The fourth-order valence-corrected chi connectivity index (χ4v) is 3.96. The van der Waals surface area contributed by atoms with Crippen molar-refractivity contribution >= 4 is 40.9 Å². The first-order valence-electron chi connectivity index (χ1n) is 11.2. The minimum absolute atomic E-state index is 0.0113. The maximum absolute atomic E-state index is 13.2. The molecule has 3 rings (SSSR count). The molecule has 0 saturated heterocycles. The summed E-state index contributed by atoms with van der Waals surface area (Å²) in [5.74, 6) is -3.26. The van der Waals surface area contributed by atoms with E-state index in [1.54, 1.807) is 0 Å². The van der Waals surface area contributed by atoms with E-state index < -0.39 is 54.6 Å². The Hall–Kier alpha value is -3.77. The van der Waals surface area contributed by atoms with Gasteiger partial charge in [0.2, 0.25) is 0 Å². The number of halogens is 3. The van der Waals surface area contributed by atoms with Crippen molar-refractivity contribution in [3.63, 3.8) is 0 Å². The molecule has 6 N–H and O–H groups in total. The molecule has 10 nitrogen and oxygen atoms in total. The van der Waals surface area contributed by atoms with E-state index in [-0.39, 0.29) is 41.4 Å². The van der Waals surface area contributed by atoms with Crippen molar-refractivity contribution in [2.75, 3.05) is 25.0 Å². The van der Waals surface area contributed by atoms with E-state index in [1.165, 1.54) is 24.3 Å². The summed E-state index contributed by atoms with van der Waals surface area (Å²) in [7, 11) is 0. The van der Waals surface area contributed by atoms with E-state index in [9.17, 15) is 38.5 Å². The number of β-amino-alcohol motifs (C(OH)–C–C–N with tert-alkyl or cyclic N) is 1. The van der Waals surface area contributed by atoms with Crippen LogP contribution < -0.4 is 16.0 Å². The first kappa shape index (κ1) is 27.8. The summed E-state index contributed by atoms with van der Waals surface area (Å²) in [5.41, 5.74) is 0.152. The molecular formula is C24H25ClF2N4O6. The summed E-state index contributed by atoms with van der Waals surface area (Å²) < 4.78 is 26.3. The molecule has 2 aromatic carbocycles. The zero-order chi connectivity index (χ0) is 27.1. The fraction of sp³-hybridized carbons (Fsp3) is 0.333. The Balaban J connectivity index is 1.65. The molecule has 37 heavy (non-hydrogen) atoms. The quantitative estimate of drug-likeness (QED) is 0.269. The van der Waals surface area contributed by atoms with Crippen molar-refractivity contribution in [2.45, 2.75) is 31.3 Å². The van der Waals surface area contributed by atoms with Crippen LogP contribution in [0.3, 0.4) is 0 Å². The van der Waals surface area contributed by atoms with E-state index in [0.29, 0.717) is 11.6 Å². The lowest BCUT2D eigenvalue weighted by atomic mass is 9.89. The number of ketones is 1. The Morgan fingerprint density at radius 1 is 1.11 bits per heavy atom. The number of benzene rings is 2. The number of nitrogens with zero attached hydrogens (tertiary/aromatic N) is 1. The molecule has 1 heterocycles. The molecule has 0 bridgehead atoms. The number of hydrogen-bond donors (Lipinski definition) is 6. The average molecular weight is 539 g/mol. The van der Waals surface area contributed by atoms with Crippen LogP contribution in [-0.2, 0) is 9.59 Å². The number of alkyl halides is 2. The number of phenolic OH excluding ortho intramolecular Hbond substituents is 1. The maximum Gasteiger partial charge on any atom is 0.303 e. The topological polar surface area (TPSA) is 160 Å². The molecule has 0 aromatic heterocycles. The highest BCUT2D eigenvalue weighted by Crippen LogP contribution is 2.31. The van der Waals surface area contributed by atoms with Gasteiger partial charge in [-0.25, -0.2) is 8.78 Å². The number of carboxylic acid groups (broad SMARTS) is 1. The second-order valence-corrected chi connectivity index (χ2v) is 8.89. The van der Waals surface area contributed by atoms with Crippen LogP contribution in [0.1, 0.15) is 46.7 Å². The molecule has 0 aliphatic carbocycles. The number of aliphatic imine (C=N–C) groups is 1. The predicted octanol–water partition coefficient (Wildman–Crippen LogP) is 2.66. The zero-order valence-electron chi connectivity index (χ0n) is 19.4. The second kappa shape index (κ2) is 12.5. The summed E-state index contributed by atoms with van der Waals surface area (Å²) in [6.45, 7) is 0.00845. The van der Waals surface area contributed by atoms with Crippen LogP contribution in [0, 0.1) is 0 Å². The number of rotatable bonds is 10. The van der Waals surface area contributed by atoms with Gasteiger partial charge in [0.25, 0.3) is 12.3 Å².